The van der Waals surface area contributed by atoms with Crippen molar-refractivity contribution in [3.63, 3.8) is 0 Å². The third-order valence-corrected chi connectivity index (χ3v) is 4.87. The summed E-state index contributed by atoms with van der Waals surface area (Å²) in [7, 11) is 0. The summed E-state index contributed by atoms with van der Waals surface area (Å²) in [6.45, 7) is 4.24. The van der Waals surface area contributed by atoms with Crippen LogP contribution >= 0.6 is 0 Å². The highest BCUT2D eigenvalue weighted by Gasteiger charge is 2.53. The molecule has 0 spiro atoms. The molecule has 3 N–H and O–H groups in total. The zero-order chi connectivity index (χ0) is 11.6. The van der Waals surface area contributed by atoms with E-state index in [1.807, 2.05) is 0 Å². The highest BCUT2D eigenvalue weighted by Crippen LogP contribution is 2.50. The lowest BCUT2D eigenvalue weighted by molar-refractivity contribution is -0.141. The summed E-state index contributed by atoms with van der Waals surface area (Å²) < 4.78 is 5.58. The predicted molar refractivity (Wildman–Crippen MR) is 64.1 cm³/mol. The third-order valence-electron chi connectivity index (χ3n) is 4.87. The van der Waals surface area contributed by atoms with Crippen molar-refractivity contribution in [1.82, 2.24) is 0 Å². The minimum atomic E-state index is -0.567. The van der Waals surface area contributed by atoms with Crippen LogP contribution < -0.4 is 5.73 Å². The van der Waals surface area contributed by atoms with Gasteiger partial charge in [0.25, 0.3) is 0 Å². The van der Waals surface area contributed by atoms with Gasteiger partial charge in [-0.1, -0.05) is 13.3 Å². The van der Waals surface area contributed by atoms with E-state index in [0.717, 1.165) is 38.7 Å². The average Bonchev–Trinajstić information content (AvgIpc) is 2.74. The van der Waals surface area contributed by atoms with Crippen LogP contribution in [0.3, 0.4) is 0 Å². The third kappa shape index (κ3) is 1.89. The number of aliphatic hydroxyl groups is 1. The molecule has 1 saturated heterocycles. The van der Waals surface area contributed by atoms with E-state index in [2.05, 4.69) is 6.92 Å². The Morgan fingerprint density at radius 2 is 2.25 bits per heavy atom. The van der Waals surface area contributed by atoms with Gasteiger partial charge >= 0.3 is 0 Å². The number of hydrogen-bond acceptors (Lipinski definition) is 3. The fourth-order valence-corrected chi connectivity index (χ4v) is 3.53. The van der Waals surface area contributed by atoms with Crippen LogP contribution in [0, 0.1) is 11.3 Å². The van der Waals surface area contributed by atoms with Gasteiger partial charge in [-0.15, -0.1) is 0 Å². The Balaban J connectivity index is 2.13. The largest absolute Gasteiger partial charge is 0.389 e. The number of ether oxygens (including phenoxy) is 1. The molecule has 2 fully saturated rings. The molecule has 0 bridgehead atoms. The summed E-state index contributed by atoms with van der Waals surface area (Å²) in [6, 6.07) is 0. The van der Waals surface area contributed by atoms with Crippen molar-refractivity contribution >= 4 is 0 Å². The maximum Gasteiger partial charge on any atom is 0.0740 e. The van der Waals surface area contributed by atoms with Crippen LogP contribution in [0.2, 0.25) is 0 Å². The van der Waals surface area contributed by atoms with Crippen molar-refractivity contribution in [2.75, 3.05) is 19.8 Å². The van der Waals surface area contributed by atoms with Crippen molar-refractivity contribution in [1.29, 1.82) is 0 Å². The second kappa shape index (κ2) is 4.63. The molecule has 3 nitrogen and oxygen atoms in total. The van der Waals surface area contributed by atoms with Crippen LogP contribution in [-0.4, -0.2) is 30.5 Å². The minimum Gasteiger partial charge on any atom is -0.389 e. The molecule has 0 aromatic carbocycles. The lowest BCUT2D eigenvalue weighted by Crippen LogP contribution is -2.55. The van der Waals surface area contributed by atoms with E-state index in [-0.39, 0.29) is 5.41 Å². The van der Waals surface area contributed by atoms with Gasteiger partial charge in [0.15, 0.2) is 0 Å². The van der Waals surface area contributed by atoms with Crippen molar-refractivity contribution < 1.29 is 9.84 Å². The van der Waals surface area contributed by atoms with Crippen molar-refractivity contribution in [2.24, 2.45) is 17.1 Å². The van der Waals surface area contributed by atoms with Gasteiger partial charge in [0.2, 0.25) is 0 Å². The smallest absolute Gasteiger partial charge is 0.0740 e. The first-order chi connectivity index (χ1) is 7.66. The molecule has 3 heteroatoms. The van der Waals surface area contributed by atoms with Gasteiger partial charge in [0.05, 0.1) is 12.2 Å². The van der Waals surface area contributed by atoms with Gasteiger partial charge < -0.3 is 15.6 Å². The Bertz CT molecular complexity index is 238. The van der Waals surface area contributed by atoms with Gasteiger partial charge in [-0.2, -0.15) is 0 Å². The molecule has 0 aromatic rings. The molecule has 1 aliphatic carbocycles. The molecule has 3 atom stereocenters. The van der Waals surface area contributed by atoms with Crippen LogP contribution in [0.5, 0.6) is 0 Å². The lowest BCUT2D eigenvalue weighted by Gasteiger charge is -2.47. The molecule has 94 valence electrons. The van der Waals surface area contributed by atoms with E-state index in [4.69, 9.17) is 10.5 Å². The van der Waals surface area contributed by atoms with E-state index in [1.54, 1.807) is 0 Å². The van der Waals surface area contributed by atoms with Crippen molar-refractivity contribution in [3.8, 4) is 0 Å². The minimum absolute atomic E-state index is 0.171. The zero-order valence-corrected chi connectivity index (χ0v) is 10.4. The quantitative estimate of drug-likeness (QED) is 0.771. The van der Waals surface area contributed by atoms with E-state index in [1.165, 1.54) is 6.42 Å². The van der Waals surface area contributed by atoms with E-state index >= 15 is 0 Å². The van der Waals surface area contributed by atoms with Crippen LogP contribution in [0.1, 0.15) is 45.4 Å². The molecular formula is C13H25NO2. The Morgan fingerprint density at radius 1 is 1.44 bits per heavy atom. The molecule has 16 heavy (non-hydrogen) atoms. The van der Waals surface area contributed by atoms with Gasteiger partial charge in [0.1, 0.15) is 0 Å². The molecule has 2 aliphatic rings. The molecule has 0 amide bonds. The van der Waals surface area contributed by atoms with E-state index < -0.39 is 5.60 Å². The standard InChI is InChI=1S/C13H25NO2/c1-2-11-4-6-13(15,8-11)12(9-14)5-3-7-16-10-12/h11,15H,2-10,14H2,1H3. The first-order valence-electron chi connectivity index (χ1n) is 6.66. The van der Waals surface area contributed by atoms with E-state index in [0.29, 0.717) is 19.1 Å². The summed E-state index contributed by atoms with van der Waals surface area (Å²) in [5.41, 5.74) is 5.21. The average molecular weight is 227 g/mol. The summed E-state index contributed by atoms with van der Waals surface area (Å²) in [6.07, 6.45) is 6.21. The molecular weight excluding hydrogens is 202 g/mol. The first-order valence-corrected chi connectivity index (χ1v) is 6.66. The lowest BCUT2D eigenvalue weighted by atomic mass is 9.67. The molecule has 0 radical (unpaired) electrons. The monoisotopic (exact) mass is 227 g/mol. The summed E-state index contributed by atoms with van der Waals surface area (Å²) in [5, 5.41) is 10.9. The second-order valence-corrected chi connectivity index (χ2v) is 5.69. The molecule has 1 heterocycles. The van der Waals surface area contributed by atoms with Gasteiger partial charge in [-0.25, -0.2) is 0 Å². The Kier molecular flexibility index (Phi) is 3.57. The molecule has 1 saturated carbocycles. The molecule has 2 rings (SSSR count). The molecule has 3 unspecified atom stereocenters. The van der Waals surface area contributed by atoms with Gasteiger partial charge in [-0.3, -0.25) is 0 Å². The molecule has 0 aromatic heterocycles. The Hall–Kier alpha value is -0.120. The number of hydrogen-bond donors (Lipinski definition) is 2. The summed E-state index contributed by atoms with van der Waals surface area (Å²) in [4.78, 5) is 0. The highest BCUT2D eigenvalue weighted by atomic mass is 16.5. The summed E-state index contributed by atoms with van der Waals surface area (Å²) in [5.74, 6) is 0.676. The fourth-order valence-electron chi connectivity index (χ4n) is 3.53. The van der Waals surface area contributed by atoms with Crippen LogP contribution in [0.25, 0.3) is 0 Å². The number of nitrogens with two attached hydrogens (primary N) is 1. The zero-order valence-electron chi connectivity index (χ0n) is 10.4. The second-order valence-electron chi connectivity index (χ2n) is 5.69. The topological polar surface area (TPSA) is 55.5 Å². The Labute approximate surface area is 98.4 Å². The van der Waals surface area contributed by atoms with Gasteiger partial charge in [0, 0.05) is 18.6 Å². The van der Waals surface area contributed by atoms with Gasteiger partial charge in [-0.05, 0) is 38.0 Å². The van der Waals surface area contributed by atoms with E-state index in [9.17, 15) is 5.11 Å². The number of rotatable bonds is 3. The predicted octanol–water partition coefficient (Wildman–Crippen LogP) is 1.68. The van der Waals surface area contributed by atoms with Crippen LogP contribution in [0.4, 0.5) is 0 Å². The van der Waals surface area contributed by atoms with Crippen molar-refractivity contribution in [2.45, 2.75) is 51.0 Å². The van der Waals surface area contributed by atoms with Crippen LogP contribution in [0.15, 0.2) is 0 Å². The SMILES string of the molecule is CCC1CCC(O)(C2(CN)CCCOC2)C1. The van der Waals surface area contributed by atoms with Crippen LogP contribution in [-0.2, 0) is 4.74 Å². The first kappa shape index (κ1) is 12.3. The fraction of sp³-hybridized carbons (Fsp3) is 1.00. The normalized spacial score (nSPS) is 44.8. The van der Waals surface area contributed by atoms with Crippen molar-refractivity contribution in [3.05, 3.63) is 0 Å². The summed E-state index contributed by atoms with van der Waals surface area (Å²) >= 11 is 0. The Morgan fingerprint density at radius 3 is 2.75 bits per heavy atom. The highest BCUT2D eigenvalue weighted by molar-refractivity contribution is 5.04. The maximum atomic E-state index is 10.9. The maximum absolute atomic E-state index is 10.9. The molecule has 1 aliphatic heterocycles.